The summed E-state index contributed by atoms with van der Waals surface area (Å²) >= 11 is 0. The van der Waals surface area contributed by atoms with Crippen molar-refractivity contribution in [3.05, 3.63) is 52.7 Å². The van der Waals surface area contributed by atoms with Crippen molar-refractivity contribution in [1.82, 2.24) is 0 Å². The van der Waals surface area contributed by atoms with Crippen LogP contribution in [0.2, 0.25) is 0 Å². The molecule has 1 aliphatic rings. The first-order chi connectivity index (χ1) is 10.6. The first kappa shape index (κ1) is 15.3. The van der Waals surface area contributed by atoms with Gasteiger partial charge < -0.3 is 0 Å². The van der Waals surface area contributed by atoms with E-state index in [2.05, 4.69) is 62.8 Å². The van der Waals surface area contributed by atoms with Crippen molar-refractivity contribution in [1.29, 1.82) is 0 Å². The zero-order valence-corrected chi connectivity index (χ0v) is 14.4. The van der Waals surface area contributed by atoms with E-state index in [9.17, 15) is 0 Å². The molecule has 22 heavy (non-hydrogen) atoms. The summed E-state index contributed by atoms with van der Waals surface area (Å²) in [6, 6.07) is 9.34. The van der Waals surface area contributed by atoms with Gasteiger partial charge >= 0.3 is 0 Å². The molecule has 1 saturated carbocycles. The van der Waals surface area contributed by atoms with E-state index in [1.165, 1.54) is 60.1 Å². The van der Waals surface area contributed by atoms with E-state index in [1.807, 2.05) is 0 Å². The van der Waals surface area contributed by atoms with E-state index in [0.29, 0.717) is 0 Å². The number of rotatable bonds is 2. The second kappa shape index (κ2) is 6.24. The number of aromatic nitrogens is 1. The Bertz CT molecular complexity index is 679. The average molecular weight is 294 g/mol. The van der Waals surface area contributed by atoms with E-state index >= 15 is 0 Å². The largest absolute Gasteiger partial charge is 0.212 e. The van der Waals surface area contributed by atoms with Crippen LogP contribution in [-0.2, 0) is 7.05 Å². The van der Waals surface area contributed by atoms with Gasteiger partial charge in [-0.3, -0.25) is 0 Å². The van der Waals surface area contributed by atoms with Crippen LogP contribution < -0.4 is 4.57 Å². The van der Waals surface area contributed by atoms with Gasteiger partial charge in [0.1, 0.15) is 7.05 Å². The Balaban J connectivity index is 2.07. The number of benzene rings is 1. The quantitative estimate of drug-likeness (QED) is 0.674. The fraction of sp³-hybridized carbons (Fsp3) is 0.476. The third-order valence-corrected chi connectivity index (χ3v) is 5.22. The molecule has 116 valence electrons. The summed E-state index contributed by atoms with van der Waals surface area (Å²) in [6.07, 6.45) is 9.15. The molecule has 2 aromatic rings. The van der Waals surface area contributed by atoms with E-state index in [0.717, 1.165) is 5.92 Å². The first-order valence-electron chi connectivity index (χ1n) is 8.64. The molecule has 0 radical (unpaired) electrons. The molecule has 1 aliphatic carbocycles. The minimum absolute atomic E-state index is 0.767. The fourth-order valence-corrected chi connectivity index (χ4v) is 4.02. The van der Waals surface area contributed by atoms with Gasteiger partial charge in [-0.2, -0.15) is 0 Å². The smallest absolute Gasteiger partial charge is 0.201 e. The zero-order chi connectivity index (χ0) is 15.7. The highest BCUT2D eigenvalue weighted by atomic mass is 14.9. The van der Waals surface area contributed by atoms with Crippen LogP contribution in [0.25, 0.3) is 11.3 Å². The number of hydrogen-bond acceptors (Lipinski definition) is 0. The minimum atomic E-state index is 0.767. The maximum atomic E-state index is 2.48. The number of nitrogens with zero attached hydrogens (tertiary/aromatic N) is 1. The summed E-state index contributed by atoms with van der Waals surface area (Å²) < 4.78 is 2.26. The molecule has 0 aliphatic heterocycles. The van der Waals surface area contributed by atoms with Crippen LogP contribution >= 0.6 is 0 Å². The molecule has 1 fully saturated rings. The van der Waals surface area contributed by atoms with Gasteiger partial charge in [0.2, 0.25) is 5.69 Å². The Morgan fingerprint density at radius 1 is 0.909 bits per heavy atom. The summed E-state index contributed by atoms with van der Waals surface area (Å²) in [6.45, 7) is 6.68. The number of aryl methyl sites for hydroxylation is 4. The van der Waals surface area contributed by atoms with E-state index < -0.39 is 0 Å². The zero-order valence-electron chi connectivity index (χ0n) is 14.4. The van der Waals surface area contributed by atoms with Crippen LogP contribution in [0.4, 0.5) is 0 Å². The Kier molecular flexibility index (Phi) is 4.33. The summed E-state index contributed by atoms with van der Waals surface area (Å²) in [5.41, 5.74) is 8.47. The van der Waals surface area contributed by atoms with Crippen LogP contribution in [-0.4, -0.2) is 0 Å². The van der Waals surface area contributed by atoms with E-state index in [-0.39, 0.29) is 0 Å². The number of hydrogen-bond donors (Lipinski definition) is 0. The summed E-state index contributed by atoms with van der Waals surface area (Å²) in [5.74, 6) is 0.767. The highest BCUT2D eigenvalue weighted by molar-refractivity contribution is 5.63. The topological polar surface area (TPSA) is 3.88 Å². The van der Waals surface area contributed by atoms with Crippen LogP contribution in [0, 0.1) is 20.8 Å². The third-order valence-electron chi connectivity index (χ3n) is 5.22. The molecular weight excluding hydrogens is 266 g/mol. The Hall–Kier alpha value is -1.63. The van der Waals surface area contributed by atoms with Crippen molar-refractivity contribution in [2.24, 2.45) is 7.05 Å². The average Bonchev–Trinajstić information content (AvgIpc) is 2.49. The molecule has 0 amide bonds. The van der Waals surface area contributed by atoms with Gasteiger partial charge in [0, 0.05) is 17.2 Å². The Morgan fingerprint density at radius 2 is 1.64 bits per heavy atom. The lowest BCUT2D eigenvalue weighted by molar-refractivity contribution is -0.660. The Morgan fingerprint density at radius 3 is 2.32 bits per heavy atom. The molecule has 1 heteroatoms. The van der Waals surface area contributed by atoms with Gasteiger partial charge in [-0.1, -0.05) is 25.3 Å². The third kappa shape index (κ3) is 2.95. The molecule has 0 saturated heterocycles. The maximum absolute atomic E-state index is 2.48. The summed E-state index contributed by atoms with van der Waals surface area (Å²) in [5, 5.41) is 0. The number of pyridine rings is 1. The molecule has 3 rings (SSSR count). The van der Waals surface area contributed by atoms with Gasteiger partial charge in [0.05, 0.1) is 0 Å². The van der Waals surface area contributed by atoms with Crippen LogP contribution in [0.1, 0.15) is 60.3 Å². The molecule has 1 heterocycles. The molecular formula is C21H28N+. The molecule has 0 unspecified atom stereocenters. The lowest BCUT2D eigenvalue weighted by Gasteiger charge is -2.24. The van der Waals surface area contributed by atoms with Gasteiger partial charge in [-0.15, -0.1) is 0 Å². The lowest BCUT2D eigenvalue weighted by atomic mass is 9.81. The summed E-state index contributed by atoms with van der Waals surface area (Å²) in [7, 11) is 2.15. The standard InChI is InChI=1S/C21H28N/c1-15-10-11-21(22(4)14-15)20-13-19(16(2)12-17(20)3)18-8-6-5-7-9-18/h10-14,18H,5-9H2,1-4H3/q+1. The van der Waals surface area contributed by atoms with E-state index in [1.54, 1.807) is 5.56 Å². The van der Waals surface area contributed by atoms with Gasteiger partial charge in [0.25, 0.3) is 0 Å². The van der Waals surface area contributed by atoms with Gasteiger partial charge in [-0.05, 0) is 68.4 Å². The monoisotopic (exact) mass is 294 g/mol. The molecule has 0 N–H and O–H groups in total. The van der Waals surface area contributed by atoms with E-state index in [4.69, 9.17) is 0 Å². The van der Waals surface area contributed by atoms with Crippen molar-refractivity contribution in [3.8, 4) is 11.3 Å². The maximum Gasteiger partial charge on any atom is 0.212 e. The van der Waals surface area contributed by atoms with Crippen molar-refractivity contribution in [2.75, 3.05) is 0 Å². The predicted molar refractivity (Wildman–Crippen MR) is 93.1 cm³/mol. The van der Waals surface area contributed by atoms with Crippen LogP contribution in [0.5, 0.6) is 0 Å². The predicted octanol–water partition coefficient (Wildman–Crippen LogP) is 5.15. The summed E-state index contributed by atoms with van der Waals surface area (Å²) in [4.78, 5) is 0. The molecule has 1 nitrogen and oxygen atoms in total. The van der Waals surface area contributed by atoms with Gasteiger partial charge in [0.15, 0.2) is 6.20 Å². The lowest BCUT2D eigenvalue weighted by Crippen LogP contribution is -2.31. The normalized spacial score (nSPS) is 16.0. The second-order valence-electron chi connectivity index (χ2n) is 7.06. The van der Waals surface area contributed by atoms with Gasteiger partial charge in [-0.25, -0.2) is 4.57 Å². The molecule has 0 spiro atoms. The second-order valence-corrected chi connectivity index (χ2v) is 7.06. The fourth-order valence-electron chi connectivity index (χ4n) is 4.02. The minimum Gasteiger partial charge on any atom is -0.201 e. The molecule has 0 bridgehead atoms. The van der Waals surface area contributed by atoms with Crippen LogP contribution in [0.3, 0.4) is 0 Å². The highest BCUT2D eigenvalue weighted by Crippen LogP contribution is 2.37. The van der Waals surface area contributed by atoms with Crippen LogP contribution in [0.15, 0.2) is 30.5 Å². The SMILES string of the molecule is Cc1ccc(-c2cc(C3CCCCC3)c(C)cc2C)[n+](C)c1. The molecule has 0 atom stereocenters. The van der Waals surface area contributed by atoms with Crippen molar-refractivity contribution in [3.63, 3.8) is 0 Å². The van der Waals surface area contributed by atoms with Crippen molar-refractivity contribution < 1.29 is 4.57 Å². The highest BCUT2D eigenvalue weighted by Gasteiger charge is 2.21. The van der Waals surface area contributed by atoms with Crippen molar-refractivity contribution in [2.45, 2.75) is 58.8 Å². The van der Waals surface area contributed by atoms with Crippen molar-refractivity contribution >= 4 is 0 Å². The molecule has 1 aromatic carbocycles. The Labute approximate surface area is 135 Å². The first-order valence-corrected chi connectivity index (χ1v) is 8.64. The molecule has 1 aromatic heterocycles.